The summed E-state index contributed by atoms with van der Waals surface area (Å²) in [6.45, 7) is 10.5. The van der Waals surface area contributed by atoms with E-state index in [1.54, 1.807) is 11.3 Å². The van der Waals surface area contributed by atoms with Gasteiger partial charge in [0.1, 0.15) is 10.0 Å². The highest BCUT2D eigenvalue weighted by Gasteiger charge is 2.30. The minimum Gasteiger partial charge on any atom is -0.378 e. The van der Waals surface area contributed by atoms with Crippen LogP contribution in [0.5, 0.6) is 0 Å². The van der Waals surface area contributed by atoms with E-state index >= 15 is 0 Å². The summed E-state index contributed by atoms with van der Waals surface area (Å²) in [5.74, 6) is 0.755. The number of aromatic nitrogens is 2. The Kier molecular flexibility index (Phi) is 6.14. The molecule has 0 aromatic carbocycles. The first-order chi connectivity index (χ1) is 9.96. The van der Waals surface area contributed by atoms with E-state index in [9.17, 15) is 0 Å². The fourth-order valence-corrected chi connectivity index (χ4v) is 3.64. The summed E-state index contributed by atoms with van der Waals surface area (Å²) in [6.07, 6.45) is 6.13. The van der Waals surface area contributed by atoms with Crippen LogP contribution in [0, 0.1) is 5.92 Å². The van der Waals surface area contributed by atoms with Crippen LogP contribution in [0.1, 0.15) is 57.0 Å². The zero-order valence-electron chi connectivity index (χ0n) is 13.8. The number of ether oxygens (including phenoxy) is 1. The molecule has 0 saturated heterocycles. The number of aryl methyl sites for hydroxylation is 1. The highest BCUT2D eigenvalue weighted by Crippen LogP contribution is 2.33. The monoisotopic (exact) mass is 311 g/mol. The van der Waals surface area contributed by atoms with Crippen LogP contribution >= 0.6 is 11.3 Å². The van der Waals surface area contributed by atoms with Gasteiger partial charge >= 0.3 is 0 Å². The van der Waals surface area contributed by atoms with Crippen molar-refractivity contribution in [2.45, 2.75) is 71.4 Å². The third kappa shape index (κ3) is 6.01. The van der Waals surface area contributed by atoms with Crippen molar-refractivity contribution in [3.05, 3.63) is 10.0 Å². The molecule has 0 spiro atoms. The van der Waals surface area contributed by atoms with Crippen LogP contribution in [-0.2, 0) is 17.6 Å². The molecule has 0 aliphatic heterocycles. The maximum Gasteiger partial charge on any atom is 0.117 e. The zero-order chi connectivity index (χ0) is 15.3. The van der Waals surface area contributed by atoms with E-state index in [2.05, 4.69) is 43.2 Å². The molecule has 2 rings (SSSR count). The quantitative estimate of drug-likeness (QED) is 0.749. The van der Waals surface area contributed by atoms with Gasteiger partial charge in [-0.15, -0.1) is 21.5 Å². The molecule has 1 aromatic heterocycles. The van der Waals surface area contributed by atoms with Crippen LogP contribution in [0.2, 0.25) is 0 Å². The minimum atomic E-state index is 0.202. The molecule has 5 heteroatoms. The Labute approximate surface area is 132 Å². The summed E-state index contributed by atoms with van der Waals surface area (Å²) in [7, 11) is 0. The maximum absolute atomic E-state index is 5.60. The molecule has 1 fully saturated rings. The molecule has 0 unspecified atom stereocenters. The summed E-state index contributed by atoms with van der Waals surface area (Å²) in [6, 6.07) is 0. The first kappa shape index (κ1) is 16.8. The third-order valence-corrected chi connectivity index (χ3v) is 4.79. The van der Waals surface area contributed by atoms with Crippen LogP contribution in [0.25, 0.3) is 0 Å². The molecule has 1 heterocycles. The van der Waals surface area contributed by atoms with E-state index in [0.29, 0.717) is 6.10 Å². The Morgan fingerprint density at radius 1 is 1.24 bits per heavy atom. The Bertz CT molecular complexity index is 421. The van der Waals surface area contributed by atoms with Gasteiger partial charge in [0.2, 0.25) is 0 Å². The first-order valence-corrected chi connectivity index (χ1v) is 8.96. The highest BCUT2D eigenvalue weighted by atomic mass is 32.1. The van der Waals surface area contributed by atoms with Crippen molar-refractivity contribution in [2.75, 3.05) is 13.2 Å². The molecular weight excluding hydrogens is 282 g/mol. The molecule has 21 heavy (non-hydrogen) atoms. The predicted octanol–water partition coefficient (Wildman–Crippen LogP) is 3.22. The van der Waals surface area contributed by atoms with Gasteiger partial charge < -0.3 is 10.1 Å². The number of rotatable bonds is 8. The lowest BCUT2D eigenvalue weighted by Gasteiger charge is -2.34. The van der Waals surface area contributed by atoms with E-state index < -0.39 is 0 Å². The zero-order valence-corrected chi connectivity index (χ0v) is 14.6. The van der Waals surface area contributed by atoms with E-state index in [4.69, 9.17) is 4.74 Å². The smallest absolute Gasteiger partial charge is 0.117 e. The standard InChI is InChI=1S/C16H29N3OS/c1-5-20-13-9-12(10-13)11-15-19-18-14(21-15)7-6-8-17-16(2,3)4/h12-13,17H,5-11H2,1-4H3. The molecule has 1 aliphatic carbocycles. The van der Waals surface area contributed by atoms with Crippen LogP contribution in [0.3, 0.4) is 0 Å². The molecule has 0 bridgehead atoms. The van der Waals surface area contributed by atoms with Crippen molar-refractivity contribution in [3.8, 4) is 0 Å². The van der Waals surface area contributed by atoms with Crippen LogP contribution in [0.15, 0.2) is 0 Å². The molecule has 1 saturated carbocycles. The maximum atomic E-state index is 5.60. The lowest BCUT2D eigenvalue weighted by molar-refractivity contribution is -0.0240. The molecule has 1 aliphatic rings. The first-order valence-electron chi connectivity index (χ1n) is 8.14. The van der Waals surface area contributed by atoms with Crippen molar-refractivity contribution in [1.82, 2.24) is 15.5 Å². The van der Waals surface area contributed by atoms with E-state index in [1.807, 2.05) is 0 Å². The molecular formula is C16H29N3OS. The van der Waals surface area contributed by atoms with Gasteiger partial charge in [0.05, 0.1) is 6.10 Å². The summed E-state index contributed by atoms with van der Waals surface area (Å²) < 4.78 is 5.60. The largest absolute Gasteiger partial charge is 0.378 e. The molecule has 4 nitrogen and oxygen atoms in total. The van der Waals surface area contributed by atoms with Crippen LogP contribution in [-0.4, -0.2) is 35.0 Å². The van der Waals surface area contributed by atoms with Crippen LogP contribution < -0.4 is 5.32 Å². The lowest BCUT2D eigenvalue weighted by Crippen LogP contribution is -2.36. The van der Waals surface area contributed by atoms with Crippen LogP contribution in [0.4, 0.5) is 0 Å². The average Bonchev–Trinajstić information content (AvgIpc) is 2.79. The third-order valence-electron chi connectivity index (χ3n) is 3.79. The van der Waals surface area contributed by atoms with Gasteiger partial charge in [-0.3, -0.25) is 0 Å². The molecule has 1 aromatic rings. The lowest BCUT2D eigenvalue weighted by atomic mass is 9.80. The molecule has 0 amide bonds. The van der Waals surface area contributed by atoms with Gasteiger partial charge in [-0.1, -0.05) is 0 Å². The van der Waals surface area contributed by atoms with Crippen molar-refractivity contribution in [3.63, 3.8) is 0 Å². The van der Waals surface area contributed by atoms with Gasteiger partial charge in [0.25, 0.3) is 0 Å². The van der Waals surface area contributed by atoms with Gasteiger partial charge in [0, 0.05) is 25.0 Å². The molecule has 0 atom stereocenters. The molecule has 0 radical (unpaired) electrons. The van der Waals surface area contributed by atoms with Crippen molar-refractivity contribution < 1.29 is 4.74 Å². The van der Waals surface area contributed by atoms with E-state index in [-0.39, 0.29) is 5.54 Å². The minimum absolute atomic E-state index is 0.202. The Balaban J connectivity index is 1.63. The number of hydrogen-bond donors (Lipinski definition) is 1. The second-order valence-corrected chi connectivity index (χ2v) is 8.14. The highest BCUT2D eigenvalue weighted by molar-refractivity contribution is 7.11. The summed E-state index contributed by atoms with van der Waals surface area (Å²) in [5, 5.41) is 14.6. The SMILES string of the molecule is CCOC1CC(Cc2nnc(CCCNC(C)(C)C)s2)C1. The Morgan fingerprint density at radius 2 is 1.95 bits per heavy atom. The van der Waals surface area contributed by atoms with Crippen molar-refractivity contribution in [1.29, 1.82) is 0 Å². The number of hydrogen-bond acceptors (Lipinski definition) is 5. The molecule has 120 valence electrons. The second-order valence-electron chi connectivity index (χ2n) is 6.99. The van der Waals surface area contributed by atoms with Gasteiger partial charge in [-0.05, 0) is 59.4 Å². The summed E-state index contributed by atoms with van der Waals surface area (Å²) >= 11 is 1.79. The second kappa shape index (κ2) is 7.65. The average molecular weight is 311 g/mol. The van der Waals surface area contributed by atoms with E-state index in [1.165, 1.54) is 22.9 Å². The van der Waals surface area contributed by atoms with Crippen molar-refractivity contribution >= 4 is 11.3 Å². The Hall–Kier alpha value is -0.520. The summed E-state index contributed by atoms with van der Waals surface area (Å²) in [5.41, 5.74) is 0.202. The van der Waals surface area contributed by atoms with Gasteiger partial charge in [-0.2, -0.15) is 0 Å². The van der Waals surface area contributed by atoms with Crippen molar-refractivity contribution in [2.24, 2.45) is 5.92 Å². The predicted molar refractivity (Wildman–Crippen MR) is 87.8 cm³/mol. The number of nitrogens with one attached hydrogen (secondary N) is 1. The fourth-order valence-electron chi connectivity index (χ4n) is 2.63. The number of nitrogens with zero attached hydrogens (tertiary/aromatic N) is 2. The molecule has 1 N–H and O–H groups in total. The topological polar surface area (TPSA) is 47.0 Å². The summed E-state index contributed by atoms with van der Waals surface area (Å²) in [4.78, 5) is 0. The van der Waals surface area contributed by atoms with Gasteiger partial charge in [-0.25, -0.2) is 0 Å². The fraction of sp³-hybridized carbons (Fsp3) is 0.875. The van der Waals surface area contributed by atoms with Gasteiger partial charge in [0.15, 0.2) is 0 Å². The normalized spacial score (nSPS) is 22.3. The van der Waals surface area contributed by atoms with E-state index in [0.717, 1.165) is 38.3 Å². The Morgan fingerprint density at radius 3 is 2.62 bits per heavy atom.